The molecule has 16 heavy (non-hydrogen) atoms. The third-order valence-electron chi connectivity index (χ3n) is 2.72. The Kier molecular flexibility index (Phi) is 3.29. The Balaban J connectivity index is 1.89. The number of hydrogen-bond acceptors (Lipinski definition) is 3. The summed E-state index contributed by atoms with van der Waals surface area (Å²) in [5.74, 6) is 0.167. The van der Waals surface area contributed by atoms with Gasteiger partial charge in [-0.3, -0.25) is 0 Å². The van der Waals surface area contributed by atoms with Gasteiger partial charge in [-0.2, -0.15) is 0 Å². The van der Waals surface area contributed by atoms with Crippen LogP contribution in [0.1, 0.15) is 19.8 Å². The lowest BCUT2D eigenvalue weighted by molar-refractivity contribution is 0.0266. The highest BCUT2D eigenvalue weighted by molar-refractivity contribution is 5.52. The molecule has 0 bridgehead atoms. The molecule has 1 heterocycles. The average molecular weight is 225 g/mol. The molecule has 1 aromatic carbocycles. The van der Waals surface area contributed by atoms with Crippen LogP contribution >= 0.6 is 0 Å². The summed E-state index contributed by atoms with van der Waals surface area (Å²) in [6.45, 7) is 2.52. The number of benzene rings is 1. The summed E-state index contributed by atoms with van der Waals surface area (Å²) in [6, 6.07) is 4.14. The lowest BCUT2D eigenvalue weighted by Gasteiger charge is -2.13. The number of anilines is 1. The molecule has 0 saturated carbocycles. The van der Waals surface area contributed by atoms with Crippen molar-refractivity contribution >= 4 is 5.69 Å². The van der Waals surface area contributed by atoms with E-state index in [0.29, 0.717) is 24.1 Å². The molecule has 2 atom stereocenters. The van der Waals surface area contributed by atoms with Crippen molar-refractivity contribution < 1.29 is 13.9 Å². The largest absolute Gasteiger partial charge is 0.489 e. The van der Waals surface area contributed by atoms with Gasteiger partial charge in [0.2, 0.25) is 0 Å². The van der Waals surface area contributed by atoms with Crippen molar-refractivity contribution in [2.45, 2.75) is 32.0 Å². The van der Waals surface area contributed by atoms with Crippen LogP contribution < -0.4 is 10.5 Å². The molecule has 2 N–H and O–H groups in total. The van der Waals surface area contributed by atoms with Gasteiger partial charge in [-0.25, -0.2) is 4.39 Å². The van der Waals surface area contributed by atoms with Crippen molar-refractivity contribution in [1.29, 1.82) is 0 Å². The Morgan fingerprint density at radius 1 is 1.50 bits per heavy atom. The SMILES string of the molecule is CC1CCC(COc2ccc(F)cc2N)O1. The lowest BCUT2D eigenvalue weighted by Crippen LogP contribution is -2.18. The minimum Gasteiger partial charge on any atom is -0.489 e. The molecule has 4 heteroatoms. The summed E-state index contributed by atoms with van der Waals surface area (Å²) in [5, 5.41) is 0. The first-order chi connectivity index (χ1) is 7.65. The number of nitrogen functional groups attached to an aromatic ring is 1. The van der Waals surface area contributed by atoms with E-state index >= 15 is 0 Å². The molecule has 0 radical (unpaired) electrons. The van der Waals surface area contributed by atoms with E-state index in [2.05, 4.69) is 0 Å². The summed E-state index contributed by atoms with van der Waals surface area (Å²) in [6.07, 6.45) is 2.49. The van der Waals surface area contributed by atoms with Crippen molar-refractivity contribution in [3.63, 3.8) is 0 Å². The fourth-order valence-electron chi connectivity index (χ4n) is 1.84. The monoisotopic (exact) mass is 225 g/mol. The van der Waals surface area contributed by atoms with Crippen LogP contribution in [0.4, 0.5) is 10.1 Å². The first-order valence-electron chi connectivity index (χ1n) is 5.48. The van der Waals surface area contributed by atoms with Crippen molar-refractivity contribution in [1.82, 2.24) is 0 Å². The third-order valence-corrected chi connectivity index (χ3v) is 2.72. The second-order valence-electron chi connectivity index (χ2n) is 4.14. The van der Waals surface area contributed by atoms with Gasteiger partial charge >= 0.3 is 0 Å². The zero-order valence-corrected chi connectivity index (χ0v) is 9.28. The van der Waals surface area contributed by atoms with E-state index in [-0.39, 0.29) is 11.9 Å². The van der Waals surface area contributed by atoms with Gasteiger partial charge in [-0.05, 0) is 31.9 Å². The molecule has 0 amide bonds. The van der Waals surface area contributed by atoms with E-state index in [9.17, 15) is 4.39 Å². The molecule has 88 valence electrons. The fraction of sp³-hybridized carbons (Fsp3) is 0.500. The van der Waals surface area contributed by atoms with Gasteiger partial charge in [0.15, 0.2) is 0 Å². The molecule has 2 rings (SSSR count). The zero-order chi connectivity index (χ0) is 11.5. The maximum absolute atomic E-state index is 12.8. The quantitative estimate of drug-likeness (QED) is 0.803. The topological polar surface area (TPSA) is 44.5 Å². The summed E-state index contributed by atoms with van der Waals surface area (Å²) in [4.78, 5) is 0. The van der Waals surface area contributed by atoms with Gasteiger partial charge in [0.1, 0.15) is 18.2 Å². The van der Waals surface area contributed by atoms with Crippen molar-refractivity contribution in [3.05, 3.63) is 24.0 Å². The van der Waals surface area contributed by atoms with Gasteiger partial charge in [0, 0.05) is 6.07 Å². The molecular formula is C12H16FNO2. The van der Waals surface area contributed by atoms with E-state index in [1.165, 1.54) is 12.1 Å². The number of rotatable bonds is 3. The maximum atomic E-state index is 12.8. The first kappa shape index (κ1) is 11.2. The Labute approximate surface area is 94.3 Å². The fourth-order valence-corrected chi connectivity index (χ4v) is 1.84. The number of hydrogen-bond donors (Lipinski definition) is 1. The van der Waals surface area contributed by atoms with Crippen LogP contribution in [-0.4, -0.2) is 18.8 Å². The van der Waals surface area contributed by atoms with E-state index < -0.39 is 0 Å². The predicted octanol–water partition coefficient (Wildman–Crippen LogP) is 2.35. The van der Waals surface area contributed by atoms with E-state index in [4.69, 9.17) is 15.2 Å². The second kappa shape index (κ2) is 4.70. The normalized spacial score (nSPS) is 24.6. The summed E-state index contributed by atoms with van der Waals surface area (Å²) in [5.41, 5.74) is 5.95. The zero-order valence-electron chi connectivity index (χ0n) is 9.28. The van der Waals surface area contributed by atoms with Gasteiger partial charge in [0.05, 0.1) is 17.9 Å². The van der Waals surface area contributed by atoms with Gasteiger partial charge in [-0.15, -0.1) is 0 Å². The van der Waals surface area contributed by atoms with Crippen LogP contribution in [0.25, 0.3) is 0 Å². The van der Waals surface area contributed by atoms with E-state index in [1.807, 2.05) is 6.92 Å². The van der Waals surface area contributed by atoms with Crippen LogP contribution in [0, 0.1) is 5.82 Å². The molecule has 3 nitrogen and oxygen atoms in total. The van der Waals surface area contributed by atoms with E-state index in [1.54, 1.807) is 6.07 Å². The van der Waals surface area contributed by atoms with Gasteiger partial charge in [0.25, 0.3) is 0 Å². The molecule has 1 aliphatic rings. The van der Waals surface area contributed by atoms with Crippen LogP contribution in [0.15, 0.2) is 18.2 Å². The smallest absolute Gasteiger partial charge is 0.142 e. The van der Waals surface area contributed by atoms with E-state index in [0.717, 1.165) is 12.8 Å². The van der Waals surface area contributed by atoms with Crippen LogP contribution in [0.5, 0.6) is 5.75 Å². The average Bonchev–Trinajstić information content (AvgIpc) is 2.63. The summed E-state index contributed by atoms with van der Waals surface area (Å²) in [7, 11) is 0. The molecule has 1 aromatic rings. The molecule has 1 fully saturated rings. The highest BCUT2D eigenvalue weighted by Crippen LogP contribution is 2.24. The van der Waals surface area contributed by atoms with Crippen LogP contribution in [0.2, 0.25) is 0 Å². The Hall–Kier alpha value is -1.29. The van der Waals surface area contributed by atoms with Crippen LogP contribution in [-0.2, 0) is 4.74 Å². The molecule has 0 aliphatic carbocycles. The third kappa shape index (κ3) is 2.64. The minimum absolute atomic E-state index is 0.124. The Morgan fingerprint density at radius 3 is 2.94 bits per heavy atom. The molecule has 0 aromatic heterocycles. The molecular weight excluding hydrogens is 209 g/mol. The molecule has 0 spiro atoms. The number of ether oxygens (including phenoxy) is 2. The molecule has 1 aliphatic heterocycles. The lowest BCUT2D eigenvalue weighted by atomic mass is 10.2. The Morgan fingerprint density at radius 2 is 2.31 bits per heavy atom. The second-order valence-corrected chi connectivity index (χ2v) is 4.14. The first-order valence-corrected chi connectivity index (χ1v) is 5.48. The molecule has 2 unspecified atom stereocenters. The highest BCUT2D eigenvalue weighted by atomic mass is 19.1. The number of nitrogens with two attached hydrogens (primary N) is 1. The van der Waals surface area contributed by atoms with Crippen molar-refractivity contribution in [3.8, 4) is 5.75 Å². The minimum atomic E-state index is -0.351. The van der Waals surface area contributed by atoms with Crippen molar-refractivity contribution in [2.24, 2.45) is 0 Å². The predicted molar refractivity (Wildman–Crippen MR) is 59.9 cm³/mol. The number of halogens is 1. The van der Waals surface area contributed by atoms with Crippen LogP contribution in [0.3, 0.4) is 0 Å². The van der Waals surface area contributed by atoms with Crippen molar-refractivity contribution in [2.75, 3.05) is 12.3 Å². The maximum Gasteiger partial charge on any atom is 0.142 e. The van der Waals surface area contributed by atoms with Gasteiger partial charge < -0.3 is 15.2 Å². The highest BCUT2D eigenvalue weighted by Gasteiger charge is 2.22. The standard InChI is InChI=1S/C12H16FNO2/c1-8-2-4-10(16-8)7-15-12-5-3-9(13)6-11(12)14/h3,5-6,8,10H,2,4,7,14H2,1H3. The summed E-state index contributed by atoms with van der Waals surface area (Å²) < 4.78 is 23.9. The summed E-state index contributed by atoms with van der Waals surface area (Å²) >= 11 is 0. The van der Waals surface area contributed by atoms with Gasteiger partial charge in [-0.1, -0.05) is 0 Å². The molecule has 1 saturated heterocycles. The Bertz CT molecular complexity index is 370.